The second kappa shape index (κ2) is 4.25. The van der Waals surface area contributed by atoms with Gasteiger partial charge in [0.05, 0.1) is 5.69 Å². The number of hydrogen-bond donors (Lipinski definition) is 1. The smallest absolute Gasteiger partial charge is 0.257 e. The number of aromatic nitrogens is 2. The molecule has 0 radical (unpaired) electrons. The van der Waals surface area contributed by atoms with Crippen LogP contribution in [0.4, 0.5) is 5.13 Å². The molecule has 3 rings (SSSR count). The Hall–Kier alpha value is -1.75. The number of anilines is 1. The third-order valence-corrected chi connectivity index (χ3v) is 3.46. The number of hydrogen-bond acceptors (Lipinski definition) is 4. The fourth-order valence-corrected chi connectivity index (χ4v) is 2.37. The molecule has 0 bridgehead atoms. The minimum atomic E-state index is -0.135. The highest BCUT2D eigenvalue weighted by atomic mass is 32.1. The van der Waals surface area contributed by atoms with E-state index in [0.29, 0.717) is 16.6 Å². The van der Waals surface area contributed by atoms with Crippen molar-refractivity contribution in [3.8, 4) is 0 Å². The lowest BCUT2D eigenvalue weighted by atomic mass is 10.2. The number of nitrogens with zero attached hydrogens (tertiary/aromatic N) is 2. The van der Waals surface area contributed by atoms with Gasteiger partial charge in [-0.2, -0.15) is 0 Å². The normalized spacial score (nSPS) is 14.6. The molecule has 86 valence electrons. The van der Waals surface area contributed by atoms with E-state index in [1.807, 2.05) is 5.38 Å². The molecule has 2 heterocycles. The highest BCUT2D eigenvalue weighted by molar-refractivity contribution is 7.14. The van der Waals surface area contributed by atoms with Crippen LogP contribution in [0.3, 0.4) is 0 Å². The summed E-state index contributed by atoms with van der Waals surface area (Å²) < 4.78 is 0. The Morgan fingerprint density at radius 1 is 1.35 bits per heavy atom. The standard InChI is InChI=1S/C12H11N3OS/c16-11(9-3-5-13-6-4-9)15-12-14-10(7-17-12)8-1-2-8/h3-8H,1-2H2,(H,14,15,16). The van der Waals surface area contributed by atoms with E-state index in [-0.39, 0.29) is 5.91 Å². The van der Waals surface area contributed by atoms with Crippen molar-refractivity contribution < 1.29 is 4.79 Å². The summed E-state index contributed by atoms with van der Waals surface area (Å²) >= 11 is 1.48. The van der Waals surface area contributed by atoms with Crippen LogP contribution in [-0.2, 0) is 0 Å². The Balaban J connectivity index is 1.71. The lowest BCUT2D eigenvalue weighted by molar-refractivity contribution is 0.102. The van der Waals surface area contributed by atoms with E-state index in [1.54, 1.807) is 24.5 Å². The number of nitrogens with one attached hydrogen (secondary N) is 1. The maximum Gasteiger partial charge on any atom is 0.257 e. The first-order valence-corrected chi connectivity index (χ1v) is 6.38. The molecule has 2 aromatic rings. The first-order chi connectivity index (χ1) is 8.33. The van der Waals surface area contributed by atoms with E-state index in [2.05, 4.69) is 15.3 Å². The van der Waals surface area contributed by atoms with E-state index in [0.717, 1.165) is 5.69 Å². The van der Waals surface area contributed by atoms with Gasteiger partial charge >= 0.3 is 0 Å². The van der Waals surface area contributed by atoms with Gasteiger partial charge in [0.25, 0.3) is 5.91 Å². The van der Waals surface area contributed by atoms with Gasteiger partial charge in [0.2, 0.25) is 0 Å². The molecule has 0 unspecified atom stereocenters. The maximum atomic E-state index is 11.8. The summed E-state index contributed by atoms with van der Waals surface area (Å²) in [7, 11) is 0. The largest absolute Gasteiger partial charge is 0.298 e. The Labute approximate surface area is 103 Å². The average molecular weight is 245 g/mol. The molecular weight excluding hydrogens is 234 g/mol. The van der Waals surface area contributed by atoms with Crippen LogP contribution in [0.1, 0.15) is 34.8 Å². The first kappa shape index (κ1) is 10.4. The molecule has 1 saturated carbocycles. The zero-order valence-corrected chi connectivity index (χ0v) is 9.91. The van der Waals surface area contributed by atoms with Crippen LogP contribution in [0.25, 0.3) is 0 Å². The molecule has 1 fully saturated rings. The molecule has 1 amide bonds. The van der Waals surface area contributed by atoms with Crippen LogP contribution in [0.2, 0.25) is 0 Å². The summed E-state index contributed by atoms with van der Waals surface area (Å²) in [5, 5.41) is 5.50. The maximum absolute atomic E-state index is 11.8. The number of thiazole rings is 1. The molecule has 1 N–H and O–H groups in total. The Morgan fingerprint density at radius 2 is 2.12 bits per heavy atom. The molecule has 17 heavy (non-hydrogen) atoms. The SMILES string of the molecule is O=C(Nc1nc(C2CC2)cs1)c1ccncc1. The second-order valence-corrected chi connectivity index (χ2v) is 4.90. The van der Waals surface area contributed by atoms with Gasteiger partial charge in [0.1, 0.15) is 0 Å². The third kappa shape index (κ3) is 2.34. The molecule has 0 aliphatic heterocycles. The van der Waals surface area contributed by atoms with Crippen LogP contribution < -0.4 is 5.32 Å². The van der Waals surface area contributed by atoms with Gasteiger partial charge in [-0.3, -0.25) is 15.1 Å². The molecule has 0 atom stereocenters. The molecule has 0 aromatic carbocycles. The summed E-state index contributed by atoms with van der Waals surface area (Å²) in [6.45, 7) is 0. The van der Waals surface area contributed by atoms with E-state index in [9.17, 15) is 4.79 Å². The highest BCUT2D eigenvalue weighted by Crippen LogP contribution is 2.40. The number of pyridine rings is 1. The highest BCUT2D eigenvalue weighted by Gasteiger charge is 2.26. The van der Waals surface area contributed by atoms with Crippen LogP contribution in [0.15, 0.2) is 29.9 Å². The Bertz CT molecular complexity index is 534. The molecular formula is C12H11N3OS. The average Bonchev–Trinajstić information content (AvgIpc) is 3.12. The van der Waals surface area contributed by atoms with Gasteiger partial charge in [-0.15, -0.1) is 11.3 Å². The molecule has 5 heteroatoms. The fraction of sp³-hybridized carbons (Fsp3) is 0.250. The molecule has 0 saturated heterocycles. The van der Waals surface area contributed by atoms with E-state index < -0.39 is 0 Å². The van der Waals surface area contributed by atoms with Gasteiger partial charge < -0.3 is 0 Å². The Morgan fingerprint density at radius 3 is 2.82 bits per heavy atom. The predicted octanol–water partition coefficient (Wildman–Crippen LogP) is 2.67. The van der Waals surface area contributed by atoms with E-state index in [4.69, 9.17) is 0 Å². The number of rotatable bonds is 3. The Kier molecular flexibility index (Phi) is 2.60. The van der Waals surface area contributed by atoms with Crippen molar-refractivity contribution >= 4 is 22.4 Å². The monoisotopic (exact) mass is 245 g/mol. The van der Waals surface area contributed by atoms with Crippen molar-refractivity contribution in [2.75, 3.05) is 5.32 Å². The quantitative estimate of drug-likeness (QED) is 0.904. The number of carbonyl (C=O) groups excluding carboxylic acids is 1. The molecule has 4 nitrogen and oxygen atoms in total. The van der Waals surface area contributed by atoms with Gasteiger partial charge in [-0.25, -0.2) is 4.98 Å². The first-order valence-electron chi connectivity index (χ1n) is 5.50. The van der Waals surface area contributed by atoms with Gasteiger partial charge in [0.15, 0.2) is 5.13 Å². The minimum absolute atomic E-state index is 0.135. The molecule has 1 aliphatic rings. The lowest BCUT2D eigenvalue weighted by Gasteiger charge is -2.00. The summed E-state index contributed by atoms with van der Waals surface area (Å²) in [4.78, 5) is 20.1. The van der Waals surface area contributed by atoms with Crippen molar-refractivity contribution in [1.82, 2.24) is 9.97 Å². The van der Waals surface area contributed by atoms with Crippen molar-refractivity contribution in [1.29, 1.82) is 0 Å². The molecule has 1 aliphatic carbocycles. The summed E-state index contributed by atoms with van der Waals surface area (Å²) in [5.41, 5.74) is 1.71. The van der Waals surface area contributed by atoms with Crippen LogP contribution in [0, 0.1) is 0 Å². The summed E-state index contributed by atoms with van der Waals surface area (Å²) in [5.74, 6) is 0.488. The zero-order chi connectivity index (χ0) is 11.7. The van der Waals surface area contributed by atoms with Gasteiger partial charge in [0, 0.05) is 29.3 Å². The van der Waals surface area contributed by atoms with Crippen molar-refractivity contribution in [3.05, 3.63) is 41.2 Å². The fourth-order valence-electron chi connectivity index (χ4n) is 1.58. The number of carbonyl (C=O) groups is 1. The van der Waals surface area contributed by atoms with E-state index in [1.165, 1.54) is 24.2 Å². The predicted molar refractivity (Wildman–Crippen MR) is 66.3 cm³/mol. The zero-order valence-electron chi connectivity index (χ0n) is 9.09. The van der Waals surface area contributed by atoms with Crippen LogP contribution >= 0.6 is 11.3 Å². The summed E-state index contributed by atoms with van der Waals surface area (Å²) in [6, 6.07) is 3.37. The van der Waals surface area contributed by atoms with Crippen molar-refractivity contribution in [2.24, 2.45) is 0 Å². The third-order valence-electron chi connectivity index (χ3n) is 2.68. The van der Waals surface area contributed by atoms with Crippen LogP contribution in [0.5, 0.6) is 0 Å². The van der Waals surface area contributed by atoms with Gasteiger partial charge in [-0.05, 0) is 25.0 Å². The van der Waals surface area contributed by atoms with Crippen LogP contribution in [-0.4, -0.2) is 15.9 Å². The lowest BCUT2D eigenvalue weighted by Crippen LogP contribution is -2.11. The van der Waals surface area contributed by atoms with Crippen molar-refractivity contribution in [2.45, 2.75) is 18.8 Å². The number of amides is 1. The minimum Gasteiger partial charge on any atom is -0.298 e. The van der Waals surface area contributed by atoms with E-state index >= 15 is 0 Å². The topological polar surface area (TPSA) is 54.9 Å². The summed E-state index contributed by atoms with van der Waals surface area (Å²) in [6.07, 6.45) is 5.65. The molecule has 2 aromatic heterocycles. The second-order valence-electron chi connectivity index (χ2n) is 4.04. The van der Waals surface area contributed by atoms with Crippen molar-refractivity contribution in [3.63, 3.8) is 0 Å². The van der Waals surface area contributed by atoms with Gasteiger partial charge in [-0.1, -0.05) is 0 Å². The molecule has 0 spiro atoms.